The summed E-state index contributed by atoms with van der Waals surface area (Å²) in [6, 6.07) is 11.8. The first-order chi connectivity index (χ1) is 41.1. The summed E-state index contributed by atoms with van der Waals surface area (Å²) in [6.45, 7) is 10.6. The lowest BCUT2D eigenvalue weighted by molar-refractivity contribution is -0.147. The predicted molar refractivity (Wildman–Crippen MR) is 335 cm³/mol. The number of amides is 2. The Morgan fingerprint density at radius 1 is 0.612 bits per heavy atom. The van der Waals surface area contributed by atoms with Gasteiger partial charge in [0.2, 0.25) is 11.8 Å². The van der Waals surface area contributed by atoms with Crippen molar-refractivity contribution in [3.63, 3.8) is 0 Å². The average Bonchev–Trinajstić information content (AvgIpc) is 3.41. The van der Waals surface area contributed by atoms with Gasteiger partial charge in [0.1, 0.15) is 11.5 Å². The molecule has 4 aliphatic heterocycles. The maximum Gasteiger partial charge on any atom is 0.306 e. The van der Waals surface area contributed by atoms with E-state index in [2.05, 4.69) is 36.3 Å². The number of ether oxygens (including phenoxy) is 10. The van der Waals surface area contributed by atoms with Crippen LogP contribution in [0.5, 0.6) is 11.5 Å². The molecule has 2 aromatic rings. The van der Waals surface area contributed by atoms with Crippen LogP contribution in [0.2, 0.25) is 0 Å². The van der Waals surface area contributed by atoms with E-state index in [1.807, 2.05) is 36.4 Å². The Bertz CT molecular complexity index is 2430. The van der Waals surface area contributed by atoms with Crippen LogP contribution in [-0.4, -0.2) is 203 Å². The van der Waals surface area contributed by atoms with Crippen molar-refractivity contribution in [3.8, 4) is 11.5 Å². The summed E-state index contributed by atoms with van der Waals surface area (Å²) in [7, 11) is 2.66. The molecule has 2 amide bonds. The van der Waals surface area contributed by atoms with E-state index in [1.165, 1.54) is 44.2 Å². The summed E-state index contributed by atoms with van der Waals surface area (Å²) in [5, 5.41) is 8.10. The minimum absolute atomic E-state index is 0. The van der Waals surface area contributed by atoms with Gasteiger partial charge in [-0.05, 0) is 135 Å². The minimum atomic E-state index is -0.495. The maximum absolute atomic E-state index is 13.4. The van der Waals surface area contributed by atoms with Gasteiger partial charge in [0.25, 0.3) is 0 Å². The topological polar surface area (TPSA) is 315 Å². The van der Waals surface area contributed by atoms with Gasteiger partial charge in [-0.1, -0.05) is 22.4 Å². The quantitative estimate of drug-likeness (QED) is 0.0167. The molecule has 0 unspecified atom stereocenters. The third-order valence-corrected chi connectivity index (χ3v) is 14.5. The molecule has 0 spiro atoms. The molecule has 0 aromatic heterocycles. The third kappa shape index (κ3) is 31.2. The number of fused-ring (bicyclic) bond motifs is 2. The molecule has 4 heterocycles. The van der Waals surface area contributed by atoms with Crippen LogP contribution in [0, 0.1) is 11.8 Å². The Morgan fingerprint density at radius 2 is 1.06 bits per heavy atom. The van der Waals surface area contributed by atoms with Gasteiger partial charge < -0.3 is 62.9 Å². The van der Waals surface area contributed by atoms with E-state index in [0.717, 1.165) is 78.9 Å². The molecule has 0 fully saturated rings. The second kappa shape index (κ2) is 46.8. The molecule has 27 heteroatoms. The van der Waals surface area contributed by atoms with Gasteiger partial charge in [-0.15, -0.1) is 35.7 Å². The number of hydrogen-bond donors (Lipinski definition) is 1. The number of azide groups is 2. The van der Waals surface area contributed by atoms with Gasteiger partial charge in [-0.2, -0.15) is 0 Å². The van der Waals surface area contributed by atoms with Crippen molar-refractivity contribution in [2.24, 2.45) is 37.8 Å². The third-order valence-electron chi connectivity index (χ3n) is 13.7. The van der Waals surface area contributed by atoms with E-state index >= 15 is 0 Å². The highest BCUT2D eigenvalue weighted by molar-refractivity contribution is 14.0. The lowest BCUT2D eigenvalue weighted by atomic mass is 9.94. The Morgan fingerprint density at radius 3 is 1.46 bits per heavy atom. The number of nitrogens with two attached hydrogens (primary N) is 1. The summed E-state index contributed by atoms with van der Waals surface area (Å²) in [5.74, 6) is -0.450. The molecule has 85 heavy (non-hydrogen) atoms. The van der Waals surface area contributed by atoms with Crippen molar-refractivity contribution in [2.75, 3.05) is 159 Å². The number of rotatable bonds is 38. The van der Waals surface area contributed by atoms with Crippen molar-refractivity contribution in [1.29, 1.82) is 0 Å². The Labute approximate surface area is 521 Å². The first-order valence-corrected chi connectivity index (χ1v) is 30.3. The van der Waals surface area contributed by atoms with Crippen LogP contribution >= 0.6 is 35.7 Å². The second-order valence-electron chi connectivity index (χ2n) is 19.8. The largest absolute Gasteiger partial charge is 0.494 e. The van der Waals surface area contributed by atoms with Gasteiger partial charge >= 0.3 is 11.9 Å². The molecular weight excluding hydrogens is 1230 g/mol. The van der Waals surface area contributed by atoms with E-state index in [-0.39, 0.29) is 48.6 Å². The molecular formula is C58H90IN11O14S. The summed E-state index contributed by atoms with van der Waals surface area (Å²) < 4.78 is 54.3. The molecule has 2 aromatic carbocycles. The molecule has 0 radical (unpaired) electrons. The molecule has 2 N–H and O–H groups in total. The van der Waals surface area contributed by atoms with Crippen LogP contribution in [0.15, 0.2) is 56.6 Å². The fraction of sp³-hybridized carbons (Fsp3) is 0.690. The van der Waals surface area contributed by atoms with Gasteiger partial charge in [0, 0.05) is 67.9 Å². The summed E-state index contributed by atoms with van der Waals surface area (Å²) in [5.41, 5.74) is 27.3. The minimum Gasteiger partial charge on any atom is -0.494 e. The second-order valence-corrected chi connectivity index (χ2v) is 20.6. The first-order valence-electron chi connectivity index (χ1n) is 29.1. The number of nitrogens with zero attached hydrogens (tertiary/aromatic N) is 10. The first kappa shape index (κ1) is 73.9. The molecule has 2 atom stereocenters. The molecule has 0 saturated carbocycles. The van der Waals surface area contributed by atoms with Crippen LogP contribution in [-0.2, 0) is 83.0 Å². The van der Waals surface area contributed by atoms with Gasteiger partial charge in [-0.3, -0.25) is 29.2 Å². The number of hydrogen-bond acceptors (Lipinski definition) is 20. The van der Waals surface area contributed by atoms with Crippen molar-refractivity contribution in [1.82, 2.24) is 9.80 Å². The fourth-order valence-electron chi connectivity index (χ4n) is 9.24. The number of unbranched alkanes of at least 4 members (excludes halogenated alkanes) is 1. The number of aliphatic imine (C=N–C) groups is 2. The molecule has 6 rings (SSSR count). The number of methoxy groups -OCH3 is 2. The summed E-state index contributed by atoms with van der Waals surface area (Å²) >= 11 is 1.78. The monoisotopic (exact) mass is 1320 g/mol. The average molecular weight is 1320 g/mol. The van der Waals surface area contributed by atoms with Crippen LogP contribution in [0.1, 0.15) is 86.5 Å². The number of carbonyl (C=O) groups excluding carboxylic acids is 4. The SMILES string of the molecule is COC(=O)C[C@@H]1Cc2ccc(OCCCCC3=NCCC3)cc2CN(CCOCCOCCOCCN=[N+]=[N-])C1=O.COC(=O)C[C@@H]1Cc2ccc(OCCCN)cc2CN(CCOCCOCCOCCN=[N+]=[N-])C1=O.CSC1=NCCC1.I. The van der Waals surface area contributed by atoms with E-state index in [0.29, 0.717) is 151 Å². The Balaban J connectivity index is 0.000000396. The standard InChI is InChI=1S/C29H43N5O7.C24H37N5O7.C5H9NS.HI/c1-37-28(35)21-24-19-23-7-8-27(41-12-3-2-5-26-6-4-9-31-26)20-25(23)22-34(29(24)36)11-14-39-16-18-40-17-15-38-13-10-32-33-30;1-32-23(30)17-20-15-19-3-4-22(36-8-2-5-25)16-21(19)18-29(24(20)31)7-10-34-12-14-35-13-11-33-9-6-27-28-26;1-7-5-3-2-4-6-5;/h7-8,20,24H,2-6,9-19,21-22H2,1H3;3-4,16,20H,2,5-15,17-18,25H2,1H3;2-4H2,1H3;1H/t24-;20-;;/m00../s1. The Kier molecular flexibility index (Phi) is 40.7. The number of esters is 2. The highest BCUT2D eigenvalue weighted by Crippen LogP contribution is 2.30. The van der Waals surface area contributed by atoms with Crippen molar-refractivity contribution in [2.45, 2.75) is 90.1 Å². The highest BCUT2D eigenvalue weighted by Gasteiger charge is 2.33. The number of benzene rings is 2. The van der Waals surface area contributed by atoms with E-state index < -0.39 is 23.8 Å². The molecule has 0 bridgehead atoms. The van der Waals surface area contributed by atoms with E-state index in [9.17, 15) is 19.2 Å². The van der Waals surface area contributed by atoms with Crippen LogP contribution in [0.3, 0.4) is 0 Å². The maximum atomic E-state index is 13.4. The van der Waals surface area contributed by atoms with Crippen LogP contribution < -0.4 is 15.2 Å². The van der Waals surface area contributed by atoms with Crippen LogP contribution in [0.4, 0.5) is 0 Å². The number of carbonyl (C=O) groups is 4. The number of thioether (sulfide) groups is 1. The zero-order valence-electron chi connectivity index (χ0n) is 49.9. The van der Waals surface area contributed by atoms with Gasteiger partial charge in [0.05, 0.1) is 136 Å². The zero-order chi connectivity index (χ0) is 60.2. The Hall–Kier alpha value is -5.32. The van der Waals surface area contributed by atoms with E-state index in [4.69, 9.17) is 64.2 Å². The van der Waals surface area contributed by atoms with Crippen molar-refractivity contribution < 1.29 is 66.5 Å². The lowest BCUT2D eigenvalue weighted by Gasteiger charge is -2.24. The van der Waals surface area contributed by atoms with Crippen LogP contribution in [0.25, 0.3) is 20.9 Å². The van der Waals surface area contributed by atoms with Crippen molar-refractivity contribution >= 4 is 70.2 Å². The molecule has 0 saturated heterocycles. The number of halogens is 1. The van der Waals surface area contributed by atoms with E-state index in [1.54, 1.807) is 21.6 Å². The summed E-state index contributed by atoms with van der Waals surface area (Å²) in [6.07, 6.45) is 11.7. The normalized spacial score (nSPS) is 16.0. The smallest absolute Gasteiger partial charge is 0.306 e. The summed E-state index contributed by atoms with van der Waals surface area (Å²) in [4.78, 5) is 68.2. The molecule has 0 aliphatic carbocycles. The zero-order valence-corrected chi connectivity index (χ0v) is 53.1. The molecule has 25 nitrogen and oxygen atoms in total. The fourth-order valence-corrected chi connectivity index (χ4v) is 9.81. The lowest BCUT2D eigenvalue weighted by Crippen LogP contribution is -2.38. The van der Waals surface area contributed by atoms with Crippen molar-refractivity contribution in [3.05, 3.63) is 79.5 Å². The van der Waals surface area contributed by atoms with Gasteiger partial charge in [0.15, 0.2) is 0 Å². The van der Waals surface area contributed by atoms with Gasteiger partial charge in [-0.25, -0.2) is 0 Å². The molecule has 4 aliphatic rings. The predicted octanol–water partition coefficient (Wildman–Crippen LogP) is 7.89. The molecule has 474 valence electrons. The highest BCUT2D eigenvalue weighted by atomic mass is 127.